The highest BCUT2D eigenvalue weighted by atomic mass is 16.3. The van der Waals surface area contributed by atoms with Crippen LogP contribution in [0.1, 0.15) is 72.1 Å². The molecule has 0 amide bonds. The highest BCUT2D eigenvalue weighted by Gasteiger charge is 2.61. The van der Waals surface area contributed by atoms with E-state index in [0.29, 0.717) is 17.3 Å². The van der Waals surface area contributed by atoms with Gasteiger partial charge in [0.05, 0.1) is 12.3 Å². The third-order valence-electron chi connectivity index (χ3n) is 10.9. The molecule has 4 aliphatic rings. The Bertz CT molecular complexity index is 1080. The van der Waals surface area contributed by atoms with Crippen LogP contribution >= 0.6 is 0 Å². The minimum absolute atomic E-state index is 0.0836. The Balaban J connectivity index is 1.23. The lowest BCUT2D eigenvalue weighted by Gasteiger charge is -2.62. The van der Waals surface area contributed by atoms with Gasteiger partial charge in [-0.3, -0.25) is 5.43 Å². The molecule has 33 heavy (non-hydrogen) atoms. The van der Waals surface area contributed by atoms with E-state index >= 15 is 0 Å². The molecule has 0 spiro atoms. The Kier molecular flexibility index (Phi) is 5.06. The van der Waals surface area contributed by atoms with Crippen molar-refractivity contribution < 1.29 is 5.11 Å². The van der Waals surface area contributed by atoms with Crippen LogP contribution in [0.2, 0.25) is 0 Å². The van der Waals surface area contributed by atoms with Crippen LogP contribution < -0.4 is 5.43 Å². The smallest absolute Gasteiger partial charge is 0.176 e. The predicted molar refractivity (Wildman–Crippen MR) is 133 cm³/mol. The number of benzene rings is 1. The molecule has 6 rings (SSSR count). The van der Waals surface area contributed by atoms with Crippen LogP contribution in [0.15, 0.2) is 35.6 Å². The molecule has 1 aromatic carbocycles. The van der Waals surface area contributed by atoms with Gasteiger partial charge in [0, 0.05) is 16.5 Å². The highest BCUT2D eigenvalue weighted by Crippen LogP contribution is 2.67. The lowest BCUT2D eigenvalue weighted by molar-refractivity contribution is -0.129. The second kappa shape index (κ2) is 7.76. The second-order valence-electron chi connectivity index (χ2n) is 12.0. The monoisotopic (exact) mass is 446 g/mol. The molecule has 0 saturated heterocycles. The van der Waals surface area contributed by atoms with Gasteiger partial charge in [-0.1, -0.05) is 45.0 Å². The molecule has 4 saturated carbocycles. The van der Waals surface area contributed by atoms with Crippen molar-refractivity contribution in [1.29, 1.82) is 0 Å². The van der Waals surface area contributed by atoms with Crippen molar-refractivity contribution in [1.82, 2.24) is 10.2 Å². The number of fused-ring (bicyclic) bond motifs is 6. The summed E-state index contributed by atoms with van der Waals surface area (Å²) in [7, 11) is 0. The quantitative estimate of drug-likeness (QED) is 0.551. The van der Waals surface area contributed by atoms with E-state index in [1.807, 2.05) is 12.1 Å². The number of anilines is 1. The number of aliphatic hydroxyl groups is 1. The lowest BCUT2D eigenvalue weighted by atomic mass is 9.43. The number of hydrogen-bond acceptors (Lipinski definition) is 5. The first-order valence-corrected chi connectivity index (χ1v) is 13.1. The average molecular weight is 447 g/mol. The van der Waals surface area contributed by atoms with Crippen LogP contribution in [-0.2, 0) is 0 Å². The molecule has 5 heteroatoms. The van der Waals surface area contributed by atoms with Crippen molar-refractivity contribution in [3.63, 3.8) is 0 Å². The Morgan fingerprint density at radius 1 is 1.03 bits per heavy atom. The third kappa shape index (κ3) is 3.18. The average Bonchev–Trinajstić information content (AvgIpc) is 3.13. The Hall–Kier alpha value is -2.01. The van der Waals surface area contributed by atoms with Crippen LogP contribution in [0.5, 0.6) is 0 Å². The molecule has 2 N–H and O–H groups in total. The van der Waals surface area contributed by atoms with Gasteiger partial charge < -0.3 is 5.11 Å². The van der Waals surface area contributed by atoms with E-state index in [0.717, 1.165) is 53.6 Å². The summed E-state index contributed by atoms with van der Waals surface area (Å²) in [6, 6.07) is 8.20. The molecule has 1 aromatic heterocycles. The summed E-state index contributed by atoms with van der Waals surface area (Å²) < 4.78 is 0. The fraction of sp³-hybridized carbons (Fsp3) is 0.679. The largest absolute Gasteiger partial charge is 0.393 e. The summed E-state index contributed by atoms with van der Waals surface area (Å²) in [4.78, 5) is 0. The molecule has 0 aliphatic heterocycles. The topological polar surface area (TPSA) is 70.4 Å². The van der Waals surface area contributed by atoms with Gasteiger partial charge in [0.25, 0.3) is 0 Å². The van der Waals surface area contributed by atoms with Gasteiger partial charge in [-0.15, -0.1) is 5.10 Å². The summed E-state index contributed by atoms with van der Waals surface area (Å²) >= 11 is 0. The third-order valence-corrected chi connectivity index (χ3v) is 10.9. The van der Waals surface area contributed by atoms with Gasteiger partial charge in [0.2, 0.25) is 0 Å². The van der Waals surface area contributed by atoms with Gasteiger partial charge in [0.1, 0.15) is 0 Å². The van der Waals surface area contributed by atoms with Crippen molar-refractivity contribution in [3.8, 4) is 0 Å². The van der Waals surface area contributed by atoms with Crippen molar-refractivity contribution in [2.75, 3.05) is 5.43 Å². The van der Waals surface area contributed by atoms with E-state index < -0.39 is 0 Å². The maximum absolute atomic E-state index is 10.7. The molecule has 1 heterocycles. The minimum Gasteiger partial charge on any atom is -0.393 e. The van der Waals surface area contributed by atoms with E-state index in [1.54, 1.807) is 6.20 Å². The summed E-state index contributed by atoms with van der Waals surface area (Å²) in [5, 5.41) is 26.2. The van der Waals surface area contributed by atoms with Gasteiger partial charge in [0.15, 0.2) is 5.82 Å². The molecule has 0 radical (unpaired) electrons. The molecule has 4 aliphatic carbocycles. The normalized spacial score (nSPS) is 43.7. The molecule has 8 atom stereocenters. The lowest BCUT2D eigenvalue weighted by Crippen LogP contribution is -2.56. The molecule has 5 nitrogen and oxygen atoms in total. The van der Waals surface area contributed by atoms with Crippen molar-refractivity contribution in [3.05, 3.63) is 30.5 Å². The summed E-state index contributed by atoms with van der Waals surface area (Å²) in [6.07, 6.45) is 11.3. The van der Waals surface area contributed by atoms with E-state index in [2.05, 4.69) is 48.5 Å². The maximum Gasteiger partial charge on any atom is 0.176 e. The van der Waals surface area contributed by atoms with Crippen LogP contribution in [0.3, 0.4) is 0 Å². The fourth-order valence-corrected chi connectivity index (χ4v) is 8.81. The number of nitrogens with one attached hydrogen (secondary N) is 1. The van der Waals surface area contributed by atoms with Gasteiger partial charge in [-0.2, -0.15) is 10.2 Å². The predicted octanol–water partition coefficient (Wildman–Crippen LogP) is 6.05. The van der Waals surface area contributed by atoms with Gasteiger partial charge in [-0.05, 0) is 91.8 Å². The zero-order chi connectivity index (χ0) is 22.8. The van der Waals surface area contributed by atoms with E-state index in [1.165, 1.54) is 37.8 Å². The maximum atomic E-state index is 10.7. The Morgan fingerprint density at radius 2 is 1.88 bits per heavy atom. The molecule has 4 fully saturated rings. The molecular formula is C28H38N4O. The van der Waals surface area contributed by atoms with Crippen molar-refractivity contribution >= 4 is 22.3 Å². The van der Waals surface area contributed by atoms with Crippen LogP contribution in [0.4, 0.5) is 5.82 Å². The first-order chi connectivity index (χ1) is 15.9. The zero-order valence-electron chi connectivity index (χ0n) is 20.3. The number of aliphatic hydroxyl groups excluding tert-OH is 1. The number of hydrazone groups is 1. The first kappa shape index (κ1) is 21.5. The minimum atomic E-state index is -0.0836. The number of rotatable bonds is 2. The number of nitrogens with zero attached hydrogens (tertiary/aromatic N) is 3. The number of hydrogen-bond donors (Lipinski definition) is 2. The molecular weight excluding hydrogens is 408 g/mol. The standard InChI is InChI=1S/C28H38N4O/c1-17-14-20(30-32-26-21-7-5-4-6-18(21)16-29-31-26)15-19-8-9-22-23-10-11-25(33)27(23,2)13-12-24(22)28(17,19)3/h4-7,16-17,19,22-25,33H,8-15H2,1-3H3,(H,31,32)/t17-,19-,22-,23-,24-,25-,27-,28-/m0/s1. The fourth-order valence-electron chi connectivity index (χ4n) is 8.81. The van der Waals surface area contributed by atoms with Crippen molar-refractivity contribution in [2.45, 2.75) is 78.2 Å². The van der Waals surface area contributed by atoms with E-state index in [-0.39, 0.29) is 11.5 Å². The highest BCUT2D eigenvalue weighted by molar-refractivity contribution is 5.92. The van der Waals surface area contributed by atoms with Crippen LogP contribution in [-0.4, -0.2) is 27.1 Å². The van der Waals surface area contributed by atoms with Crippen LogP contribution in [0, 0.1) is 40.4 Å². The van der Waals surface area contributed by atoms with Gasteiger partial charge >= 0.3 is 0 Å². The number of aromatic nitrogens is 2. The summed E-state index contributed by atoms with van der Waals surface area (Å²) in [5.74, 6) is 4.39. The van der Waals surface area contributed by atoms with E-state index in [9.17, 15) is 5.11 Å². The second-order valence-corrected chi connectivity index (χ2v) is 12.0. The SMILES string of the molecule is C[C@H]1CC(=NNc2nncc3ccccc23)C[C@@H]2CC[C@H]3[C@@H]4CC[C@H](O)[C@@]4(C)CC[C@@H]3[C@]21C. The van der Waals surface area contributed by atoms with Gasteiger partial charge in [-0.25, -0.2) is 0 Å². The molecule has 0 unspecified atom stereocenters. The summed E-state index contributed by atoms with van der Waals surface area (Å²) in [5.41, 5.74) is 5.11. The van der Waals surface area contributed by atoms with Crippen LogP contribution in [0.25, 0.3) is 10.8 Å². The molecule has 2 aromatic rings. The summed E-state index contributed by atoms with van der Waals surface area (Å²) in [6.45, 7) is 7.46. The van der Waals surface area contributed by atoms with Crippen molar-refractivity contribution in [2.24, 2.45) is 45.5 Å². The first-order valence-electron chi connectivity index (χ1n) is 13.1. The Morgan fingerprint density at radius 3 is 2.76 bits per heavy atom. The zero-order valence-corrected chi connectivity index (χ0v) is 20.3. The van der Waals surface area contributed by atoms with E-state index in [4.69, 9.17) is 5.10 Å². The molecule has 176 valence electrons. The molecule has 0 bridgehead atoms. The Labute approximate surface area is 197 Å².